The zero-order valence-electron chi connectivity index (χ0n) is 14.3. The van der Waals surface area contributed by atoms with E-state index in [9.17, 15) is 4.79 Å². The molecule has 5 N–H and O–H groups in total. The van der Waals surface area contributed by atoms with Crippen molar-refractivity contribution < 1.29 is 9.90 Å². The van der Waals surface area contributed by atoms with Gasteiger partial charge in [-0.25, -0.2) is 0 Å². The van der Waals surface area contributed by atoms with Crippen molar-refractivity contribution in [3.63, 3.8) is 0 Å². The molecule has 1 aromatic heterocycles. The van der Waals surface area contributed by atoms with Crippen molar-refractivity contribution in [3.8, 4) is 0 Å². The number of benzene rings is 2. The van der Waals surface area contributed by atoms with Gasteiger partial charge < -0.3 is 21.1 Å². The lowest BCUT2D eigenvalue weighted by atomic mass is 9.90. The number of aliphatic hydroxyl groups excluding tert-OH is 1. The number of fused-ring (bicyclic) bond motifs is 1. The molecular formula is C20H22ClN3O2. The topological polar surface area (TPSA) is 91.1 Å². The zero-order valence-corrected chi connectivity index (χ0v) is 15.0. The van der Waals surface area contributed by atoms with Crippen LogP contribution in [0.25, 0.3) is 10.9 Å². The van der Waals surface area contributed by atoms with Crippen LogP contribution in [0.4, 0.5) is 0 Å². The summed E-state index contributed by atoms with van der Waals surface area (Å²) in [6.45, 7) is 0.245. The van der Waals surface area contributed by atoms with E-state index < -0.39 is 6.04 Å². The summed E-state index contributed by atoms with van der Waals surface area (Å²) in [5, 5.41) is 13.6. The fourth-order valence-corrected chi connectivity index (χ4v) is 3.40. The molecule has 0 fully saturated rings. The van der Waals surface area contributed by atoms with Crippen molar-refractivity contribution in [2.75, 3.05) is 13.2 Å². The second kappa shape index (κ2) is 8.36. The standard InChI is InChI=1S/C20H22ClN3O2/c21-17-7-3-1-5-13(17)15(12-24-20(26)18(22)9-10-25)16-11-23-19-8-4-2-6-14(16)19/h1-8,11,15,18,23,25H,9-10,12,22H2,(H,24,26)/t15?,18-/m0/s1. The first-order valence-electron chi connectivity index (χ1n) is 8.56. The second-order valence-corrected chi connectivity index (χ2v) is 6.63. The fraction of sp³-hybridized carbons (Fsp3) is 0.250. The molecule has 2 atom stereocenters. The molecule has 2 aromatic carbocycles. The van der Waals surface area contributed by atoms with Crippen LogP contribution >= 0.6 is 11.6 Å². The minimum atomic E-state index is -0.727. The van der Waals surface area contributed by atoms with Crippen LogP contribution in [0.3, 0.4) is 0 Å². The molecule has 1 unspecified atom stereocenters. The fourth-order valence-electron chi connectivity index (χ4n) is 3.13. The van der Waals surface area contributed by atoms with Gasteiger partial charge in [0.2, 0.25) is 5.91 Å². The maximum absolute atomic E-state index is 12.2. The number of aromatic amines is 1. The van der Waals surface area contributed by atoms with E-state index in [1.165, 1.54) is 0 Å². The van der Waals surface area contributed by atoms with Gasteiger partial charge in [0.15, 0.2) is 0 Å². The predicted octanol–water partition coefficient (Wildman–Crippen LogP) is 2.78. The molecule has 5 nitrogen and oxygen atoms in total. The number of para-hydroxylation sites is 1. The minimum absolute atomic E-state index is 0.120. The molecule has 136 valence electrons. The number of aromatic nitrogens is 1. The van der Waals surface area contributed by atoms with Gasteiger partial charge in [-0.3, -0.25) is 4.79 Å². The van der Waals surface area contributed by atoms with Gasteiger partial charge in [0.05, 0.1) is 6.04 Å². The highest BCUT2D eigenvalue weighted by atomic mass is 35.5. The Kier molecular flexibility index (Phi) is 5.93. The van der Waals surface area contributed by atoms with Crippen LogP contribution in [0.2, 0.25) is 5.02 Å². The second-order valence-electron chi connectivity index (χ2n) is 6.23. The summed E-state index contributed by atoms with van der Waals surface area (Å²) in [7, 11) is 0. The van der Waals surface area contributed by atoms with E-state index in [4.69, 9.17) is 22.4 Å². The van der Waals surface area contributed by atoms with Crippen LogP contribution in [0.15, 0.2) is 54.7 Å². The number of hydrogen-bond acceptors (Lipinski definition) is 3. The van der Waals surface area contributed by atoms with Crippen LogP contribution < -0.4 is 11.1 Å². The van der Waals surface area contributed by atoms with Gasteiger partial charge in [0.1, 0.15) is 0 Å². The Morgan fingerprint density at radius 2 is 1.88 bits per heavy atom. The zero-order chi connectivity index (χ0) is 18.5. The molecule has 1 amide bonds. The summed E-state index contributed by atoms with van der Waals surface area (Å²) in [4.78, 5) is 15.5. The van der Waals surface area contributed by atoms with Gasteiger partial charge in [-0.05, 0) is 29.7 Å². The molecule has 0 radical (unpaired) electrons. The quantitative estimate of drug-likeness (QED) is 0.514. The normalized spacial score (nSPS) is 13.5. The molecule has 3 rings (SSSR count). The number of H-pyrrole nitrogens is 1. The first kappa shape index (κ1) is 18.5. The lowest BCUT2D eigenvalue weighted by molar-refractivity contribution is -0.122. The van der Waals surface area contributed by atoms with Gasteiger partial charge in [-0.1, -0.05) is 48.0 Å². The molecule has 26 heavy (non-hydrogen) atoms. The molecular weight excluding hydrogens is 350 g/mol. The number of hydrogen-bond donors (Lipinski definition) is 4. The van der Waals surface area contributed by atoms with Crippen molar-refractivity contribution in [2.45, 2.75) is 18.4 Å². The van der Waals surface area contributed by atoms with Gasteiger partial charge in [-0.2, -0.15) is 0 Å². The van der Waals surface area contributed by atoms with E-state index in [-0.39, 0.29) is 24.9 Å². The van der Waals surface area contributed by atoms with E-state index in [0.29, 0.717) is 11.6 Å². The van der Waals surface area contributed by atoms with E-state index in [0.717, 1.165) is 22.0 Å². The molecule has 3 aromatic rings. The van der Waals surface area contributed by atoms with Crippen molar-refractivity contribution in [2.24, 2.45) is 5.73 Å². The van der Waals surface area contributed by atoms with Crippen molar-refractivity contribution in [1.82, 2.24) is 10.3 Å². The highest BCUT2D eigenvalue weighted by Gasteiger charge is 2.22. The molecule has 0 spiro atoms. The first-order chi connectivity index (χ1) is 12.6. The molecule has 6 heteroatoms. The maximum Gasteiger partial charge on any atom is 0.237 e. The Labute approximate surface area is 157 Å². The third-order valence-electron chi connectivity index (χ3n) is 4.53. The SMILES string of the molecule is N[C@@H](CCO)C(=O)NCC(c1ccccc1Cl)c1c[nH]c2ccccc12. The van der Waals surface area contributed by atoms with Crippen LogP contribution in [0, 0.1) is 0 Å². The molecule has 0 bridgehead atoms. The van der Waals surface area contributed by atoms with Gasteiger partial charge in [0, 0.05) is 41.2 Å². The third kappa shape index (κ3) is 3.90. The molecule has 0 aliphatic heterocycles. The number of nitrogens with one attached hydrogen (secondary N) is 2. The number of carbonyl (C=O) groups excluding carboxylic acids is 1. The molecule has 1 heterocycles. The summed E-state index contributed by atoms with van der Waals surface area (Å²) in [6, 6.07) is 14.9. The molecule has 0 saturated heterocycles. The Bertz CT molecular complexity index is 893. The van der Waals surface area contributed by atoms with E-state index in [2.05, 4.69) is 10.3 Å². The molecule has 0 aliphatic rings. The monoisotopic (exact) mass is 371 g/mol. The predicted molar refractivity (Wildman–Crippen MR) is 104 cm³/mol. The number of nitrogens with two attached hydrogens (primary N) is 1. The molecule has 0 saturated carbocycles. The van der Waals surface area contributed by atoms with E-state index >= 15 is 0 Å². The lowest BCUT2D eigenvalue weighted by Gasteiger charge is -2.20. The van der Waals surface area contributed by atoms with Gasteiger partial charge in [-0.15, -0.1) is 0 Å². The lowest BCUT2D eigenvalue weighted by Crippen LogP contribution is -2.42. The Hall–Kier alpha value is -2.34. The number of halogens is 1. The number of carbonyl (C=O) groups is 1. The Balaban J connectivity index is 1.93. The van der Waals surface area contributed by atoms with Gasteiger partial charge >= 0.3 is 0 Å². The van der Waals surface area contributed by atoms with Crippen LogP contribution in [-0.4, -0.2) is 35.2 Å². The Morgan fingerprint density at radius 3 is 2.65 bits per heavy atom. The average Bonchev–Trinajstić information content (AvgIpc) is 3.07. The summed E-state index contributed by atoms with van der Waals surface area (Å²) in [5.41, 5.74) is 8.82. The van der Waals surface area contributed by atoms with Crippen LogP contribution in [0.1, 0.15) is 23.5 Å². The van der Waals surface area contributed by atoms with Gasteiger partial charge in [0.25, 0.3) is 0 Å². The van der Waals surface area contributed by atoms with Crippen molar-refractivity contribution in [1.29, 1.82) is 0 Å². The third-order valence-corrected chi connectivity index (χ3v) is 4.88. The number of aliphatic hydroxyl groups is 1. The first-order valence-corrected chi connectivity index (χ1v) is 8.94. The smallest absolute Gasteiger partial charge is 0.237 e. The highest BCUT2D eigenvalue weighted by Crippen LogP contribution is 2.34. The van der Waals surface area contributed by atoms with E-state index in [1.54, 1.807) is 0 Å². The van der Waals surface area contributed by atoms with E-state index in [1.807, 2.05) is 54.7 Å². The largest absolute Gasteiger partial charge is 0.396 e. The van der Waals surface area contributed by atoms with Crippen LogP contribution in [0.5, 0.6) is 0 Å². The minimum Gasteiger partial charge on any atom is -0.396 e. The maximum atomic E-state index is 12.2. The average molecular weight is 372 g/mol. The summed E-state index contributed by atoms with van der Waals surface area (Å²) >= 11 is 6.43. The van der Waals surface area contributed by atoms with Crippen LogP contribution in [-0.2, 0) is 4.79 Å². The Morgan fingerprint density at radius 1 is 1.15 bits per heavy atom. The highest BCUT2D eigenvalue weighted by molar-refractivity contribution is 6.31. The summed E-state index contributed by atoms with van der Waals surface area (Å²) < 4.78 is 0. The van der Waals surface area contributed by atoms with Crippen molar-refractivity contribution in [3.05, 3.63) is 70.9 Å². The number of rotatable bonds is 7. The number of amides is 1. The molecule has 0 aliphatic carbocycles. The summed E-state index contributed by atoms with van der Waals surface area (Å²) in [5.74, 6) is -0.402. The van der Waals surface area contributed by atoms with Crippen molar-refractivity contribution >= 4 is 28.4 Å². The summed E-state index contributed by atoms with van der Waals surface area (Å²) in [6.07, 6.45) is 2.19.